The second-order valence-electron chi connectivity index (χ2n) is 2.56. The monoisotopic (exact) mass is 254 g/mol. The molecule has 0 unspecified atom stereocenters. The van der Waals surface area contributed by atoms with Gasteiger partial charge in [-0.1, -0.05) is 34.1 Å². The zero-order valence-electron chi connectivity index (χ0n) is 7.00. The van der Waals surface area contributed by atoms with Crippen LogP contribution < -0.4 is 4.74 Å². The fourth-order valence-electron chi connectivity index (χ4n) is 0.903. The lowest BCUT2D eigenvalue weighted by molar-refractivity contribution is 0.310. The standard InChI is InChI=1S/C10H13BrO.Mg.2H/c11-8-4-5-9-12-10-6-2-1-3-7-10;;;/h1-3,6-7H,4-5,8-9H2;;;. The van der Waals surface area contributed by atoms with Gasteiger partial charge in [-0.25, -0.2) is 0 Å². The van der Waals surface area contributed by atoms with E-state index in [4.69, 9.17) is 4.74 Å². The first-order chi connectivity index (χ1) is 5.93. The van der Waals surface area contributed by atoms with Crippen LogP contribution in [-0.4, -0.2) is 35.0 Å². The van der Waals surface area contributed by atoms with Crippen LogP contribution in [0.15, 0.2) is 30.3 Å². The molecule has 0 N–H and O–H groups in total. The molecule has 0 amide bonds. The van der Waals surface area contributed by atoms with E-state index in [1.54, 1.807) is 0 Å². The molecule has 0 aliphatic heterocycles. The van der Waals surface area contributed by atoms with Gasteiger partial charge in [-0.2, -0.15) is 0 Å². The topological polar surface area (TPSA) is 9.23 Å². The third kappa shape index (κ3) is 6.35. The summed E-state index contributed by atoms with van der Waals surface area (Å²) in [6, 6.07) is 9.92. The maximum atomic E-state index is 5.49. The smallest absolute Gasteiger partial charge is 0.316 e. The number of halogens is 1. The zero-order valence-corrected chi connectivity index (χ0v) is 8.59. The van der Waals surface area contributed by atoms with Crippen LogP contribution in [0, 0.1) is 0 Å². The number of ether oxygens (including phenoxy) is 1. The maximum Gasteiger partial charge on any atom is 0.316 e. The highest BCUT2D eigenvalue weighted by atomic mass is 79.9. The summed E-state index contributed by atoms with van der Waals surface area (Å²) in [5, 5.41) is 1.06. The number of rotatable bonds is 5. The summed E-state index contributed by atoms with van der Waals surface area (Å²) in [6.07, 6.45) is 2.28. The van der Waals surface area contributed by atoms with Gasteiger partial charge < -0.3 is 4.74 Å². The van der Waals surface area contributed by atoms with Gasteiger partial charge in [-0.15, -0.1) is 0 Å². The van der Waals surface area contributed by atoms with E-state index < -0.39 is 0 Å². The highest BCUT2D eigenvalue weighted by Crippen LogP contribution is 2.08. The zero-order chi connectivity index (χ0) is 8.65. The maximum absolute atomic E-state index is 5.49. The van der Waals surface area contributed by atoms with Crippen LogP contribution in [0.3, 0.4) is 0 Å². The predicted octanol–water partition coefficient (Wildman–Crippen LogP) is 2.32. The Bertz CT molecular complexity index is 203. The van der Waals surface area contributed by atoms with E-state index in [-0.39, 0.29) is 23.1 Å². The molecule has 0 saturated heterocycles. The molecular weight excluding hydrogens is 240 g/mol. The van der Waals surface area contributed by atoms with Gasteiger partial charge in [0.25, 0.3) is 0 Å². The fraction of sp³-hybridized carbons (Fsp3) is 0.400. The molecule has 1 aromatic carbocycles. The largest absolute Gasteiger partial charge is 0.494 e. The molecular formula is C10H15BrMgO. The normalized spacial score (nSPS) is 9.00. The van der Waals surface area contributed by atoms with Crippen LogP contribution in [-0.2, 0) is 0 Å². The summed E-state index contributed by atoms with van der Waals surface area (Å²) in [4.78, 5) is 0. The Balaban J connectivity index is 0.00000144. The molecule has 0 spiro atoms. The molecule has 1 rings (SSSR count). The van der Waals surface area contributed by atoms with Gasteiger partial charge in [0, 0.05) is 5.33 Å². The molecule has 3 heteroatoms. The average Bonchev–Trinajstić information content (AvgIpc) is 2.14. The summed E-state index contributed by atoms with van der Waals surface area (Å²) < 4.78 is 5.49. The SMILES string of the molecule is BrCCCCOc1ccccc1.[MgH2]. The van der Waals surface area contributed by atoms with Crippen LogP contribution >= 0.6 is 15.9 Å². The molecule has 13 heavy (non-hydrogen) atoms. The molecule has 1 aromatic rings. The minimum absolute atomic E-state index is 0. The van der Waals surface area contributed by atoms with Crippen molar-refractivity contribution in [3.8, 4) is 5.75 Å². The van der Waals surface area contributed by atoms with E-state index in [9.17, 15) is 0 Å². The molecule has 1 nitrogen and oxygen atoms in total. The molecule has 0 fully saturated rings. The van der Waals surface area contributed by atoms with E-state index in [0.717, 1.165) is 24.1 Å². The van der Waals surface area contributed by atoms with Crippen LogP contribution in [0.4, 0.5) is 0 Å². The number of unbranched alkanes of at least 4 members (excludes halogenated alkanes) is 1. The van der Waals surface area contributed by atoms with Crippen LogP contribution in [0.2, 0.25) is 0 Å². The Labute approximate surface area is 104 Å². The molecule has 0 aromatic heterocycles. The first kappa shape index (κ1) is 13.3. The number of hydrogen-bond donors (Lipinski definition) is 0. The highest BCUT2D eigenvalue weighted by molar-refractivity contribution is 9.09. The minimum Gasteiger partial charge on any atom is -0.494 e. The third-order valence-electron chi connectivity index (χ3n) is 1.54. The van der Waals surface area contributed by atoms with Gasteiger partial charge in [0.2, 0.25) is 0 Å². The Hall–Kier alpha value is 0.266. The first-order valence-corrected chi connectivity index (χ1v) is 5.29. The molecule has 0 bridgehead atoms. The molecule has 0 radical (unpaired) electrons. The van der Waals surface area contributed by atoms with Crippen molar-refractivity contribution < 1.29 is 4.74 Å². The summed E-state index contributed by atoms with van der Waals surface area (Å²) in [5.41, 5.74) is 0. The lowest BCUT2D eigenvalue weighted by Gasteiger charge is -2.03. The van der Waals surface area contributed by atoms with Crippen molar-refractivity contribution >= 4 is 39.0 Å². The van der Waals surface area contributed by atoms with Gasteiger partial charge in [0.15, 0.2) is 0 Å². The lowest BCUT2D eigenvalue weighted by Crippen LogP contribution is -1.96. The molecule has 0 heterocycles. The summed E-state index contributed by atoms with van der Waals surface area (Å²) in [7, 11) is 0. The van der Waals surface area contributed by atoms with Crippen molar-refractivity contribution in [1.29, 1.82) is 0 Å². The second kappa shape index (κ2) is 8.85. The van der Waals surface area contributed by atoms with Gasteiger partial charge in [-0.3, -0.25) is 0 Å². The predicted molar refractivity (Wildman–Crippen MR) is 63.5 cm³/mol. The number of alkyl halides is 1. The van der Waals surface area contributed by atoms with E-state index in [1.807, 2.05) is 30.3 Å². The first-order valence-electron chi connectivity index (χ1n) is 4.17. The number of benzene rings is 1. The average molecular weight is 255 g/mol. The quantitative estimate of drug-likeness (QED) is 0.446. The van der Waals surface area contributed by atoms with Crippen molar-refractivity contribution in [1.82, 2.24) is 0 Å². The fourth-order valence-corrected chi connectivity index (χ4v) is 1.30. The number of hydrogen-bond acceptors (Lipinski definition) is 1. The van der Waals surface area contributed by atoms with E-state index in [0.29, 0.717) is 0 Å². The Morgan fingerprint density at radius 3 is 2.38 bits per heavy atom. The van der Waals surface area contributed by atoms with Gasteiger partial charge >= 0.3 is 23.1 Å². The Morgan fingerprint density at radius 1 is 1.08 bits per heavy atom. The Kier molecular flexibility index (Phi) is 9.03. The number of para-hydroxylation sites is 1. The van der Waals surface area contributed by atoms with E-state index in [2.05, 4.69) is 15.9 Å². The van der Waals surface area contributed by atoms with E-state index >= 15 is 0 Å². The van der Waals surface area contributed by atoms with Crippen molar-refractivity contribution in [3.05, 3.63) is 30.3 Å². The summed E-state index contributed by atoms with van der Waals surface area (Å²) in [5.74, 6) is 0.965. The summed E-state index contributed by atoms with van der Waals surface area (Å²) in [6.45, 7) is 0.815. The van der Waals surface area contributed by atoms with Crippen LogP contribution in [0.5, 0.6) is 5.75 Å². The van der Waals surface area contributed by atoms with Crippen molar-refractivity contribution in [2.75, 3.05) is 11.9 Å². The highest BCUT2D eigenvalue weighted by Gasteiger charge is 1.90. The van der Waals surface area contributed by atoms with Gasteiger partial charge in [0.05, 0.1) is 6.61 Å². The van der Waals surface area contributed by atoms with Crippen LogP contribution in [0.25, 0.3) is 0 Å². The lowest BCUT2D eigenvalue weighted by atomic mass is 10.3. The molecule has 70 valence electrons. The van der Waals surface area contributed by atoms with Gasteiger partial charge in [-0.05, 0) is 25.0 Å². The third-order valence-corrected chi connectivity index (χ3v) is 2.10. The Morgan fingerprint density at radius 2 is 1.77 bits per heavy atom. The molecule has 0 aliphatic carbocycles. The minimum atomic E-state index is 0. The second-order valence-corrected chi connectivity index (χ2v) is 3.35. The molecule has 0 aliphatic rings. The van der Waals surface area contributed by atoms with E-state index in [1.165, 1.54) is 6.42 Å². The molecule has 0 atom stereocenters. The van der Waals surface area contributed by atoms with Crippen LogP contribution in [0.1, 0.15) is 12.8 Å². The molecule has 0 saturated carbocycles. The van der Waals surface area contributed by atoms with Crippen molar-refractivity contribution in [2.24, 2.45) is 0 Å². The summed E-state index contributed by atoms with van der Waals surface area (Å²) >= 11 is 3.38. The van der Waals surface area contributed by atoms with Gasteiger partial charge in [0.1, 0.15) is 5.75 Å². The van der Waals surface area contributed by atoms with Crippen molar-refractivity contribution in [3.63, 3.8) is 0 Å². The van der Waals surface area contributed by atoms with Crippen molar-refractivity contribution in [2.45, 2.75) is 12.8 Å².